The van der Waals surface area contributed by atoms with Crippen molar-refractivity contribution in [2.75, 3.05) is 52.9 Å². The quantitative estimate of drug-likeness (QED) is 0.651. The third kappa shape index (κ3) is 6.95. The highest BCUT2D eigenvalue weighted by molar-refractivity contribution is 5.94. The fourth-order valence-corrected chi connectivity index (χ4v) is 4.61. The maximum atomic E-state index is 12.9. The molecule has 0 unspecified atom stereocenters. The highest BCUT2D eigenvalue weighted by atomic mass is 35.5. The number of ether oxygens (including phenoxy) is 1. The number of nitrogens with one attached hydrogen (secondary N) is 1. The first-order valence-electron chi connectivity index (χ1n) is 11.8. The smallest absolute Gasteiger partial charge is 0.251 e. The Kier molecular flexibility index (Phi) is 9.74. The molecule has 8 heteroatoms. The van der Waals surface area contributed by atoms with Crippen LogP contribution in [0, 0.1) is 0 Å². The van der Waals surface area contributed by atoms with Crippen LogP contribution < -0.4 is 10.1 Å². The van der Waals surface area contributed by atoms with Crippen LogP contribution in [0.2, 0.25) is 0 Å². The number of piperazine rings is 1. The fraction of sp³-hybridized carbons (Fsp3) is 0.462. The average Bonchev–Trinajstić information content (AvgIpc) is 2.86. The molecule has 2 aliphatic rings. The van der Waals surface area contributed by atoms with Crippen molar-refractivity contribution in [3.8, 4) is 5.75 Å². The van der Waals surface area contributed by atoms with Crippen LogP contribution in [0.5, 0.6) is 5.75 Å². The Balaban J connectivity index is 0.00000324. The highest BCUT2D eigenvalue weighted by Crippen LogP contribution is 2.20. The number of benzene rings is 2. The van der Waals surface area contributed by atoms with Gasteiger partial charge < -0.3 is 15.0 Å². The van der Waals surface area contributed by atoms with Gasteiger partial charge in [-0.3, -0.25) is 19.4 Å². The number of carbonyl (C=O) groups is 2. The second-order valence-electron chi connectivity index (χ2n) is 8.86. The summed E-state index contributed by atoms with van der Waals surface area (Å²) in [7, 11) is 1.70. The van der Waals surface area contributed by atoms with Crippen molar-refractivity contribution >= 4 is 24.2 Å². The number of nitrogens with zero attached hydrogens (tertiary/aromatic N) is 3. The van der Waals surface area contributed by atoms with Gasteiger partial charge in [-0.1, -0.05) is 36.4 Å². The lowest BCUT2D eigenvalue weighted by molar-refractivity contribution is -0.134. The Morgan fingerprint density at radius 2 is 1.53 bits per heavy atom. The van der Waals surface area contributed by atoms with Crippen molar-refractivity contribution in [1.29, 1.82) is 0 Å². The first-order valence-corrected chi connectivity index (χ1v) is 11.8. The molecule has 2 aromatic carbocycles. The van der Waals surface area contributed by atoms with Gasteiger partial charge in [-0.15, -0.1) is 12.4 Å². The number of hydrogen-bond donors (Lipinski definition) is 1. The summed E-state index contributed by atoms with van der Waals surface area (Å²) in [6.07, 6.45) is 1.75. The first kappa shape index (κ1) is 26.0. The SMILES string of the molecule is COc1ccccc1CN1CCN(C(=O)CN2CCC(NC(=O)c3ccccc3)CC2)CC1.Cl. The molecule has 2 aromatic rings. The summed E-state index contributed by atoms with van der Waals surface area (Å²) in [6, 6.07) is 17.6. The number of rotatable bonds is 7. The topological polar surface area (TPSA) is 65.1 Å². The molecule has 0 aliphatic carbocycles. The minimum absolute atomic E-state index is 0. The maximum Gasteiger partial charge on any atom is 0.251 e. The molecule has 0 spiro atoms. The van der Waals surface area contributed by atoms with Crippen molar-refractivity contribution in [2.24, 2.45) is 0 Å². The number of amides is 2. The Morgan fingerprint density at radius 3 is 2.21 bits per heavy atom. The average molecular weight is 487 g/mol. The Bertz CT molecular complexity index is 927. The lowest BCUT2D eigenvalue weighted by Gasteiger charge is -2.37. The van der Waals surface area contributed by atoms with Gasteiger partial charge in [0.25, 0.3) is 5.91 Å². The minimum Gasteiger partial charge on any atom is -0.496 e. The van der Waals surface area contributed by atoms with Gasteiger partial charge in [-0.2, -0.15) is 0 Å². The monoisotopic (exact) mass is 486 g/mol. The van der Waals surface area contributed by atoms with Crippen LogP contribution in [0.25, 0.3) is 0 Å². The van der Waals surface area contributed by atoms with Crippen LogP contribution in [-0.2, 0) is 11.3 Å². The van der Waals surface area contributed by atoms with Crippen LogP contribution in [0.15, 0.2) is 54.6 Å². The number of hydrogen-bond acceptors (Lipinski definition) is 5. The van der Waals surface area contributed by atoms with E-state index >= 15 is 0 Å². The van der Waals surface area contributed by atoms with Gasteiger partial charge in [-0.05, 0) is 31.0 Å². The molecular weight excluding hydrogens is 452 g/mol. The molecule has 1 N–H and O–H groups in total. The standard InChI is InChI=1S/C26H34N4O3.ClH/c1-33-24-10-6-5-9-22(24)19-29-15-17-30(18-16-29)25(31)20-28-13-11-23(12-14-28)27-26(32)21-7-3-2-4-8-21;/h2-10,23H,11-20H2,1H3,(H,27,32);1H. The molecule has 2 saturated heterocycles. The molecule has 0 aromatic heterocycles. The summed E-state index contributed by atoms with van der Waals surface area (Å²) in [5.41, 5.74) is 1.88. The van der Waals surface area contributed by atoms with E-state index < -0.39 is 0 Å². The molecule has 2 heterocycles. The Hall–Kier alpha value is -2.61. The molecule has 4 rings (SSSR count). The van der Waals surface area contributed by atoms with Gasteiger partial charge in [-0.25, -0.2) is 0 Å². The summed E-state index contributed by atoms with van der Waals surface area (Å²) in [6.45, 7) is 6.24. The van der Waals surface area contributed by atoms with Crippen LogP contribution in [0.4, 0.5) is 0 Å². The van der Waals surface area contributed by atoms with Gasteiger partial charge in [0.05, 0.1) is 13.7 Å². The van der Waals surface area contributed by atoms with Crippen molar-refractivity contribution in [1.82, 2.24) is 20.0 Å². The molecule has 2 fully saturated rings. The Labute approximate surface area is 208 Å². The molecule has 0 saturated carbocycles. The number of likely N-dealkylation sites (tertiary alicyclic amines) is 1. The highest BCUT2D eigenvalue weighted by Gasteiger charge is 2.26. The van der Waals surface area contributed by atoms with E-state index in [1.165, 1.54) is 5.56 Å². The molecule has 7 nitrogen and oxygen atoms in total. The molecule has 34 heavy (non-hydrogen) atoms. The van der Waals surface area contributed by atoms with Crippen LogP contribution in [0.1, 0.15) is 28.8 Å². The van der Waals surface area contributed by atoms with Crippen molar-refractivity contribution in [3.63, 3.8) is 0 Å². The second-order valence-corrected chi connectivity index (χ2v) is 8.86. The third-order valence-corrected chi connectivity index (χ3v) is 6.63. The van der Waals surface area contributed by atoms with E-state index in [2.05, 4.69) is 21.2 Å². The molecular formula is C26H35ClN4O3. The number of halogens is 1. The molecule has 0 bridgehead atoms. The lowest BCUT2D eigenvalue weighted by Crippen LogP contribution is -2.52. The fourth-order valence-electron chi connectivity index (χ4n) is 4.61. The van der Waals surface area contributed by atoms with Crippen molar-refractivity contribution < 1.29 is 14.3 Å². The molecule has 0 atom stereocenters. The zero-order chi connectivity index (χ0) is 23.0. The van der Waals surface area contributed by atoms with Gasteiger partial charge in [0.15, 0.2) is 0 Å². The number of para-hydroxylation sites is 1. The first-order chi connectivity index (χ1) is 16.1. The van der Waals surface area contributed by atoms with E-state index in [-0.39, 0.29) is 30.3 Å². The molecule has 2 amide bonds. The van der Waals surface area contributed by atoms with E-state index in [1.54, 1.807) is 7.11 Å². The second kappa shape index (κ2) is 12.7. The van der Waals surface area contributed by atoms with Crippen molar-refractivity contribution in [3.05, 3.63) is 65.7 Å². The van der Waals surface area contributed by atoms with Crippen LogP contribution in [-0.4, -0.2) is 85.5 Å². The Morgan fingerprint density at radius 1 is 0.882 bits per heavy atom. The maximum absolute atomic E-state index is 12.9. The van der Waals surface area contributed by atoms with Crippen molar-refractivity contribution in [2.45, 2.75) is 25.4 Å². The minimum atomic E-state index is -0.0175. The summed E-state index contributed by atoms with van der Waals surface area (Å²) >= 11 is 0. The van der Waals surface area contributed by atoms with Gasteiger partial charge >= 0.3 is 0 Å². The molecule has 184 valence electrons. The van der Waals surface area contributed by atoms with E-state index in [4.69, 9.17) is 4.74 Å². The largest absolute Gasteiger partial charge is 0.496 e. The predicted molar refractivity (Wildman–Crippen MR) is 135 cm³/mol. The number of piperidine rings is 1. The summed E-state index contributed by atoms with van der Waals surface area (Å²) < 4.78 is 5.46. The number of carbonyl (C=O) groups excluding carboxylic acids is 2. The predicted octanol–water partition coefficient (Wildman–Crippen LogP) is 2.66. The summed E-state index contributed by atoms with van der Waals surface area (Å²) in [4.78, 5) is 31.8. The van der Waals surface area contributed by atoms with Crippen LogP contribution >= 0.6 is 12.4 Å². The normalized spacial score (nSPS) is 17.6. The van der Waals surface area contributed by atoms with E-state index in [0.717, 1.165) is 64.4 Å². The summed E-state index contributed by atoms with van der Waals surface area (Å²) in [5, 5.41) is 3.13. The zero-order valence-corrected chi connectivity index (χ0v) is 20.6. The van der Waals surface area contributed by atoms with Gasteiger partial charge in [0.1, 0.15) is 5.75 Å². The zero-order valence-electron chi connectivity index (χ0n) is 19.8. The van der Waals surface area contributed by atoms with E-state index in [1.807, 2.05) is 53.4 Å². The number of methoxy groups -OCH3 is 1. The third-order valence-electron chi connectivity index (χ3n) is 6.63. The lowest BCUT2D eigenvalue weighted by atomic mass is 10.0. The molecule has 2 aliphatic heterocycles. The van der Waals surface area contributed by atoms with E-state index in [0.29, 0.717) is 12.1 Å². The summed E-state index contributed by atoms with van der Waals surface area (Å²) in [5.74, 6) is 1.11. The van der Waals surface area contributed by atoms with Gasteiger partial charge in [0.2, 0.25) is 5.91 Å². The molecule has 0 radical (unpaired) electrons. The van der Waals surface area contributed by atoms with E-state index in [9.17, 15) is 9.59 Å². The van der Waals surface area contributed by atoms with Crippen LogP contribution in [0.3, 0.4) is 0 Å². The van der Waals surface area contributed by atoms with Gasteiger partial charge in [0, 0.05) is 63.0 Å².